The van der Waals surface area contributed by atoms with Crippen LogP contribution in [0.15, 0.2) is 4.52 Å². The van der Waals surface area contributed by atoms with Gasteiger partial charge < -0.3 is 14.6 Å². The van der Waals surface area contributed by atoms with Gasteiger partial charge in [0.2, 0.25) is 0 Å². The molecule has 1 aromatic heterocycles. The topological polar surface area (TPSA) is 81.4 Å². The van der Waals surface area contributed by atoms with E-state index in [2.05, 4.69) is 17.4 Å². The molecule has 2 bridgehead atoms. The third-order valence-corrected chi connectivity index (χ3v) is 5.70. The molecule has 2 fully saturated rings. The molecule has 2 aliphatic carbocycles. The lowest BCUT2D eigenvalue weighted by atomic mass is 9.84. The molecule has 1 amide bonds. The highest BCUT2D eigenvalue weighted by atomic mass is 16.5. The molecule has 132 valence electrons. The Morgan fingerprint density at radius 1 is 1.25 bits per heavy atom. The van der Waals surface area contributed by atoms with Crippen LogP contribution in [0.5, 0.6) is 0 Å². The summed E-state index contributed by atoms with van der Waals surface area (Å²) in [5.41, 5.74) is 0.774. The van der Waals surface area contributed by atoms with Crippen molar-refractivity contribution in [2.75, 3.05) is 0 Å². The number of hydrogen-bond acceptors (Lipinski definition) is 5. The molecule has 0 radical (unpaired) electrons. The van der Waals surface area contributed by atoms with Crippen LogP contribution in [0.3, 0.4) is 0 Å². The van der Waals surface area contributed by atoms with Crippen LogP contribution in [0.2, 0.25) is 0 Å². The number of carbonyl (C=O) groups is 2. The lowest BCUT2D eigenvalue weighted by Crippen LogP contribution is -2.45. The zero-order valence-corrected chi connectivity index (χ0v) is 14.8. The third-order valence-electron chi connectivity index (χ3n) is 5.70. The summed E-state index contributed by atoms with van der Waals surface area (Å²) in [5, 5.41) is 6.77. The molecular weight excluding hydrogens is 308 g/mol. The fraction of sp³-hybridized carbons (Fsp3) is 0.722. The average Bonchev–Trinajstić information content (AvgIpc) is 3.23. The van der Waals surface area contributed by atoms with E-state index < -0.39 is 12.1 Å². The minimum atomic E-state index is -0.841. The maximum atomic E-state index is 12.4. The standard InChI is InChI=1S/C18H26N2O4/c1-9(15-8-13-5-6-14(15)7-13)19-17(21)12(4)23-18(22)16-10(2)20-24-11(16)3/h9,12-15H,5-8H2,1-4H3,(H,19,21)/t9-,12+,13-,14-,15+/m0/s1. The van der Waals surface area contributed by atoms with Crippen LogP contribution < -0.4 is 5.32 Å². The van der Waals surface area contributed by atoms with Gasteiger partial charge in [-0.25, -0.2) is 4.79 Å². The molecule has 5 atom stereocenters. The van der Waals surface area contributed by atoms with Gasteiger partial charge in [0.25, 0.3) is 5.91 Å². The van der Waals surface area contributed by atoms with E-state index >= 15 is 0 Å². The molecule has 24 heavy (non-hydrogen) atoms. The predicted octanol–water partition coefficient (Wildman–Crippen LogP) is 2.78. The first kappa shape index (κ1) is 17.0. The monoisotopic (exact) mass is 334 g/mol. The third kappa shape index (κ3) is 3.19. The highest BCUT2D eigenvalue weighted by Crippen LogP contribution is 2.49. The second-order valence-electron chi connectivity index (χ2n) is 7.38. The van der Waals surface area contributed by atoms with Gasteiger partial charge in [0.15, 0.2) is 6.10 Å². The van der Waals surface area contributed by atoms with Crippen LogP contribution in [0.25, 0.3) is 0 Å². The van der Waals surface area contributed by atoms with Gasteiger partial charge in [-0.15, -0.1) is 0 Å². The summed E-state index contributed by atoms with van der Waals surface area (Å²) < 4.78 is 10.3. The lowest BCUT2D eigenvalue weighted by molar-refractivity contribution is -0.130. The van der Waals surface area contributed by atoms with E-state index in [1.165, 1.54) is 25.7 Å². The van der Waals surface area contributed by atoms with Gasteiger partial charge in [-0.3, -0.25) is 4.79 Å². The summed E-state index contributed by atoms with van der Waals surface area (Å²) >= 11 is 0. The van der Waals surface area contributed by atoms with Crippen LogP contribution in [0, 0.1) is 31.6 Å². The van der Waals surface area contributed by atoms with E-state index in [9.17, 15) is 9.59 Å². The summed E-state index contributed by atoms with van der Waals surface area (Å²) in [6.45, 7) is 6.98. The number of aromatic nitrogens is 1. The van der Waals surface area contributed by atoms with E-state index in [1.54, 1.807) is 20.8 Å². The van der Waals surface area contributed by atoms with Crippen LogP contribution in [0.1, 0.15) is 61.3 Å². The van der Waals surface area contributed by atoms with Crippen LogP contribution in [-0.4, -0.2) is 29.2 Å². The summed E-state index contributed by atoms with van der Waals surface area (Å²) in [5.74, 6) is 1.73. The number of rotatable bonds is 5. The fourth-order valence-corrected chi connectivity index (χ4v) is 4.40. The van der Waals surface area contributed by atoms with E-state index in [-0.39, 0.29) is 11.9 Å². The van der Waals surface area contributed by atoms with Crippen molar-refractivity contribution in [2.45, 2.75) is 65.5 Å². The molecule has 0 spiro atoms. The smallest absolute Gasteiger partial charge is 0.344 e. The van der Waals surface area contributed by atoms with Crippen molar-refractivity contribution in [3.05, 3.63) is 17.0 Å². The Morgan fingerprint density at radius 3 is 2.54 bits per heavy atom. The Bertz CT molecular complexity index is 619. The molecular formula is C18H26N2O4. The van der Waals surface area contributed by atoms with Crippen molar-refractivity contribution in [1.82, 2.24) is 10.5 Å². The molecule has 1 N–H and O–H groups in total. The van der Waals surface area contributed by atoms with E-state index in [4.69, 9.17) is 9.26 Å². The number of fused-ring (bicyclic) bond motifs is 2. The van der Waals surface area contributed by atoms with Gasteiger partial charge in [-0.05, 0) is 64.7 Å². The van der Waals surface area contributed by atoms with E-state index in [1.807, 2.05) is 0 Å². The van der Waals surface area contributed by atoms with Gasteiger partial charge in [0.05, 0.1) is 5.69 Å². The van der Waals surface area contributed by atoms with Crippen molar-refractivity contribution < 1.29 is 18.8 Å². The first-order valence-corrected chi connectivity index (χ1v) is 8.81. The Labute approximate surface area is 142 Å². The largest absolute Gasteiger partial charge is 0.449 e. The summed E-state index contributed by atoms with van der Waals surface area (Å²) in [7, 11) is 0. The molecule has 1 heterocycles. The zero-order chi connectivity index (χ0) is 17.4. The van der Waals surface area contributed by atoms with Gasteiger partial charge in [-0.1, -0.05) is 11.6 Å². The number of ether oxygens (including phenoxy) is 1. The Hall–Kier alpha value is -1.85. The normalized spacial score (nSPS) is 27.8. The highest BCUT2D eigenvalue weighted by molar-refractivity contribution is 5.93. The number of hydrogen-bond donors (Lipinski definition) is 1. The number of esters is 1. The van der Waals surface area contributed by atoms with Crippen molar-refractivity contribution in [1.29, 1.82) is 0 Å². The van der Waals surface area contributed by atoms with Gasteiger partial charge in [0.1, 0.15) is 11.3 Å². The first-order valence-electron chi connectivity index (χ1n) is 8.81. The van der Waals surface area contributed by atoms with Gasteiger partial charge in [-0.2, -0.15) is 0 Å². The Kier molecular flexibility index (Phi) is 4.65. The molecule has 0 aliphatic heterocycles. The van der Waals surface area contributed by atoms with E-state index in [0.29, 0.717) is 22.9 Å². The SMILES string of the molecule is Cc1noc(C)c1C(=O)O[C@H](C)C(=O)N[C@@H](C)[C@H]1C[C@H]2CC[C@H]1C2. The predicted molar refractivity (Wildman–Crippen MR) is 87.4 cm³/mol. The number of amides is 1. The van der Waals surface area contributed by atoms with Crippen molar-refractivity contribution in [3.63, 3.8) is 0 Å². The van der Waals surface area contributed by atoms with Crippen LogP contribution in [0.4, 0.5) is 0 Å². The minimum absolute atomic E-state index is 0.119. The number of nitrogens with one attached hydrogen (secondary N) is 1. The van der Waals surface area contributed by atoms with Crippen molar-refractivity contribution >= 4 is 11.9 Å². The minimum Gasteiger partial charge on any atom is -0.449 e. The highest BCUT2D eigenvalue weighted by Gasteiger charge is 2.42. The van der Waals surface area contributed by atoms with Crippen molar-refractivity contribution in [2.24, 2.45) is 17.8 Å². The zero-order valence-electron chi connectivity index (χ0n) is 14.8. The van der Waals surface area contributed by atoms with Gasteiger partial charge in [0, 0.05) is 6.04 Å². The van der Waals surface area contributed by atoms with Gasteiger partial charge >= 0.3 is 5.97 Å². The average molecular weight is 334 g/mol. The summed E-state index contributed by atoms with van der Waals surface area (Å²) in [4.78, 5) is 24.6. The molecule has 2 aliphatic rings. The van der Waals surface area contributed by atoms with Crippen LogP contribution >= 0.6 is 0 Å². The summed E-state index contributed by atoms with van der Waals surface area (Å²) in [6.07, 6.45) is 4.30. The van der Waals surface area contributed by atoms with Crippen molar-refractivity contribution in [3.8, 4) is 0 Å². The van der Waals surface area contributed by atoms with Crippen LogP contribution in [-0.2, 0) is 9.53 Å². The lowest BCUT2D eigenvalue weighted by Gasteiger charge is -2.29. The first-order chi connectivity index (χ1) is 11.4. The molecule has 0 unspecified atom stereocenters. The molecule has 6 nitrogen and oxygen atoms in total. The summed E-state index contributed by atoms with van der Waals surface area (Å²) in [6, 6.07) is 0.119. The fourth-order valence-electron chi connectivity index (χ4n) is 4.40. The quantitative estimate of drug-likeness (QED) is 0.837. The molecule has 2 saturated carbocycles. The molecule has 3 rings (SSSR count). The maximum Gasteiger partial charge on any atom is 0.344 e. The molecule has 1 aromatic rings. The number of carbonyl (C=O) groups excluding carboxylic acids is 2. The number of aryl methyl sites for hydroxylation is 2. The molecule has 0 saturated heterocycles. The second-order valence-corrected chi connectivity index (χ2v) is 7.38. The molecule has 0 aromatic carbocycles. The Morgan fingerprint density at radius 2 is 2.00 bits per heavy atom. The molecule has 6 heteroatoms. The van der Waals surface area contributed by atoms with E-state index in [0.717, 1.165) is 11.8 Å². The Balaban J connectivity index is 1.54. The second kappa shape index (κ2) is 6.57. The maximum absolute atomic E-state index is 12.4. The number of nitrogens with zero attached hydrogens (tertiary/aromatic N) is 1.